The van der Waals surface area contributed by atoms with Crippen LogP contribution in [-0.2, 0) is 19.1 Å². The quantitative estimate of drug-likeness (QED) is 0.358. The molecule has 1 aromatic carbocycles. The predicted molar refractivity (Wildman–Crippen MR) is 143 cm³/mol. The van der Waals surface area contributed by atoms with Gasteiger partial charge in [0.05, 0.1) is 17.9 Å². The third-order valence-electron chi connectivity index (χ3n) is 8.57. The fraction of sp³-hybridized carbons (Fsp3) is 0.621. The molecule has 5 rings (SSSR count). The number of carbonyl (C=O) groups excluding carboxylic acids is 3. The zero-order valence-electron chi connectivity index (χ0n) is 21.8. The van der Waals surface area contributed by atoms with Gasteiger partial charge in [-0.15, -0.1) is 0 Å². The monoisotopic (exact) mass is 527 g/mol. The molecule has 3 amide bonds. The zero-order chi connectivity index (χ0) is 26.2. The van der Waals surface area contributed by atoms with Crippen molar-refractivity contribution in [1.29, 1.82) is 0 Å². The van der Waals surface area contributed by atoms with Crippen LogP contribution in [0.3, 0.4) is 0 Å². The first-order valence-corrected chi connectivity index (χ1v) is 14.3. The Kier molecular flexibility index (Phi) is 7.64. The smallest absolute Gasteiger partial charge is 0.246 e. The summed E-state index contributed by atoms with van der Waals surface area (Å²) in [6.45, 7) is 4.53. The second-order valence-electron chi connectivity index (χ2n) is 11.1. The molecule has 0 unspecified atom stereocenters. The van der Waals surface area contributed by atoms with Crippen molar-refractivity contribution in [2.24, 2.45) is 11.8 Å². The molecule has 3 fully saturated rings. The minimum atomic E-state index is -1.11. The Morgan fingerprint density at radius 1 is 1.14 bits per heavy atom. The predicted octanol–water partition coefficient (Wildman–Crippen LogP) is 4.77. The van der Waals surface area contributed by atoms with Gasteiger partial charge in [-0.25, -0.2) is 0 Å². The number of nitrogens with zero attached hydrogens (tertiary/aromatic N) is 1. The number of aryl methyl sites for hydroxylation is 1. The minimum Gasteiger partial charge on any atom is -0.359 e. The number of anilines is 1. The summed E-state index contributed by atoms with van der Waals surface area (Å²) in [5.41, 5.74) is 0.384. The Hall–Kier alpha value is -2.38. The molecular formula is C29H38ClN3O4. The lowest BCUT2D eigenvalue weighted by molar-refractivity contribution is -0.141. The van der Waals surface area contributed by atoms with Crippen LogP contribution in [-0.4, -0.2) is 53.0 Å². The van der Waals surface area contributed by atoms with Gasteiger partial charge in [0.2, 0.25) is 17.7 Å². The number of rotatable bonds is 9. The van der Waals surface area contributed by atoms with Crippen LogP contribution in [0.2, 0.25) is 5.02 Å². The van der Waals surface area contributed by atoms with Crippen LogP contribution in [0.5, 0.6) is 0 Å². The lowest BCUT2D eigenvalue weighted by Crippen LogP contribution is -2.56. The molecule has 37 heavy (non-hydrogen) atoms. The van der Waals surface area contributed by atoms with E-state index in [2.05, 4.69) is 17.6 Å². The highest BCUT2D eigenvalue weighted by molar-refractivity contribution is 6.31. The molecule has 3 heterocycles. The van der Waals surface area contributed by atoms with E-state index in [0.29, 0.717) is 17.3 Å². The maximum absolute atomic E-state index is 13.9. The molecule has 1 spiro atoms. The first-order chi connectivity index (χ1) is 17.9. The summed E-state index contributed by atoms with van der Waals surface area (Å²) < 4.78 is 6.43. The van der Waals surface area contributed by atoms with Gasteiger partial charge in [-0.3, -0.25) is 14.4 Å². The van der Waals surface area contributed by atoms with Crippen molar-refractivity contribution in [1.82, 2.24) is 10.2 Å². The number of halogens is 1. The van der Waals surface area contributed by atoms with Gasteiger partial charge < -0.3 is 20.3 Å². The molecule has 1 aromatic rings. The van der Waals surface area contributed by atoms with Crippen LogP contribution in [0, 0.1) is 18.8 Å². The van der Waals surface area contributed by atoms with E-state index in [1.807, 2.05) is 25.1 Å². The van der Waals surface area contributed by atoms with Crippen LogP contribution in [0.4, 0.5) is 5.69 Å². The van der Waals surface area contributed by atoms with Crippen molar-refractivity contribution >= 4 is 35.0 Å². The molecule has 200 valence electrons. The van der Waals surface area contributed by atoms with Gasteiger partial charge in [0, 0.05) is 23.3 Å². The maximum atomic E-state index is 13.9. The molecule has 2 bridgehead atoms. The number of fused-ring (bicyclic) bond motifs is 1. The Morgan fingerprint density at radius 3 is 2.65 bits per heavy atom. The first-order valence-electron chi connectivity index (χ1n) is 13.9. The Labute approximate surface area is 224 Å². The maximum Gasteiger partial charge on any atom is 0.246 e. The van der Waals surface area contributed by atoms with Crippen LogP contribution in [0.15, 0.2) is 30.4 Å². The molecule has 8 heteroatoms. The summed E-state index contributed by atoms with van der Waals surface area (Å²) in [6, 6.07) is 4.73. The third kappa shape index (κ3) is 4.81. The summed E-state index contributed by atoms with van der Waals surface area (Å²) in [4.78, 5) is 43.0. The van der Waals surface area contributed by atoms with Crippen molar-refractivity contribution < 1.29 is 19.1 Å². The number of hydrogen-bond donors (Lipinski definition) is 2. The second-order valence-corrected chi connectivity index (χ2v) is 11.5. The number of carbonyl (C=O) groups is 3. The fourth-order valence-electron chi connectivity index (χ4n) is 6.64. The van der Waals surface area contributed by atoms with E-state index in [9.17, 15) is 14.4 Å². The molecule has 0 radical (unpaired) electrons. The molecule has 2 saturated heterocycles. The van der Waals surface area contributed by atoms with E-state index in [-0.39, 0.29) is 23.8 Å². The molecule has 4 aliphatic rings. The van der Waals surface area contributed by atoms with E-state index in [0.717, 1.165) is 56.9 Å². The Bertz CT molecular complexity index is 1080. The molecule has 3 aliphatic heterocycles. The number of likely N-dealkylation sites (tertiary alicyclic amines) is 1. The van der Waals surface area contributed by atoms with Gasteiger partial charge in [0.1, 0.15) is 11.6 Å². The highest BCUT2D eigenvalue weighted by Gasteiger charge is 2.72. The van der Waals surface area contributed by atoms with Gasteiger partial charge in [-0.1, -0.05) is 75.3 Å². The van der Waals surface area contributed by atoms with Gasteiger partial charge in [-0.2, -0.15) is 0 Å². The molecule has 1 saturated carbocycles. The van der Waals surface area contributed by atoms with E-state index >= 15 is 0 Å². The summed E-state index contributed by atoms with van der Waals surface area (Å²) in [5.74, 6) is -2.03. The van der Waals surface area contributed by atoms with Crippen molar-refractivity contribution in [3.8, 4) is 0 Å². The van der Waals surface area contributed by atoms with Crippen LogP contribution < -0.4 is 10.6 Å². The van der Waals surface area contributed by atoms with Crippen molar-refractivity contribution in [3.05, 3.63) is 40.9 Å². The molecule has 7 nitrogen and oxygen atoms in total. The third-order valence-corrected chi connectivity index (χ3v) is 8.98. The standard InChI is InChI=1S/C29H38ClN3O4/c1-3-4-5-9-16-33-25(27(35)31-19-10-7-6-8-11-19)29-15-14-22(37-29)23(24(29)28(33)36)26(34)32-20-13-12-18(2)21(30)17-20/h12-15,17,19,22-25H,3-11,16H2,1-2H3,(H,31,35)(H,32,34)/t22-,23-,24-,25-,29+/m1/s1. The van der Waals surface area contributed by atoms with E-state index < -0.39 is 29.6 Å². The molecule has 2 N–H and O–H groups in total. The second kappa shape index (κ2) is 10.8. The zero-order valence-corrected chi connectivity index (χ0v) is 22.6. The number of ether oxygens (including phenoxy) is 1. The SMILES string of the molecule is CCCCCCN1C(=O)[C@H]2[C@H](C(=O)Nc3ccc(C)c(Cl)c3)[C@H]3C=C[C@@]2(O3)[C@H]1C(=O)NC1CCCCC1. The normalized spacial score (nSPS) is 30.6. The van der Waals surface area contributed by atoms with Crippen molar-refractivity contribution in [2.75, 3.05) is 11.9 Å². The van der Waals surface area contributed by atoms with Crippen molar-refractivity contribution in [3.63, 3.8) is 0 Å². The van der Waals surface area contributed by atoms with Crippen molar-refractivity contribution in [2.45, 2.75) is 95.4 Å². The first kappa shape index (κ1) is 26.2. The highest BCUT2D eigenvalue weighted by Crippen LogP contribution is 2.55. The Morgan fingerprint density at radius 2 is 1.92 bits per heavy atom. The minimum absolute atomic E-state index is 0.127. The largest absolute Gasteiger partial charge is 0.359 e. The van der Waals surface area contributed by atoms with Gasteiger partial charge in [-0.05, 0) is 43.9 Å². The van der Waals surface area contributed by atoms with E-state index in [1.54, 1.807) is 17.0 Å². The number of hydrogen-bond acceptors (Lipinski definition) is 4. The molecule has 5 atom stereocenters. The lowest BCUT2D eigenvalue weighted by Gasteiger charge is -2.34. The molecular weight excluding hydrogens is 490 g/mol. The Balaban J connectivity index is 1.40. The van der Waals surface area contributed by atoms with E-state index in [1.165, 1.54) is 6.42 Å². The van der Waals surface area contributed by atoms with E-state index in [4.69, 9.17) is 16.3 Å². The van der Waals surface area contributed by atoms with Crippen LogP contribution in [0.1, 0.15) is 70.3 Å². The van der Waals surface area contributed by atoms with Crippen LogP contribution in [0.25, 0.3) is 0 Å². The molecule has 1 aliphatic carbocycles. The average Bonchev–Trinajstić information content (AvgIpc) is 3.52. The molecule has 0 aromatic heterocycles. The summed E-state index contributed by atoms with van der Waals surface area (Å²) in [5, 5.41) is 6.74. The lowest BCUT2D eigenvalue weighted by atomic mass is 9.74. The number of amides is 3. The summed E-state index contributed by atoms with van der Waals surface area (Å²) in [6.07, 6.45) is 12.5. The van der Waals surface area contributed by atoms with Gasteiger partial charge >= 0.3 is 0 Å². The summed E-state index contributed by atoms with van der Waals surface area (Å²) in [7, 11) is 0. The average molecular weight is 528 g/mol. The number of benzene rings is 1. The van der Waals surface area contributed by atoms with Gasteiger partial charge in [0.25, 0.3) is 0 Å². The topological polar surface area (TPSA) is 87.7 Å². The van der Waals surface area contributed by atoms with Crippen LogP contribution >= 0.6 is 11.6 Å². The van der Waals surface area contributed by atoms with Gasteiger partial charge in [0.15, 0.2) is 0 Å². The summed E-state index contributed by atoms with van der Waals surface area (Å²) >= 11 is 6.26. The highest BCUT2D eigenvalue weighted by atomic mass is 35.5. The fourth-order valence-corrected chi connectivity index (χ4v) is 6.82. The number of unbranched alkanes of at least 4 members (excludes halogenated alkanes) is 3. The number of nitrogens with one attached hydrogen (secondary N) is 2.